The van der Waals surface area contributed by atoms with Crippen LogP contribution in [-0.4, -0.2) is 29.1 Å². The molecular weight excluding hydrogens is 613 g/mol. The summed E-state index contributed by atoms with van der Waals surface area (Å²) in [5.41, 5.74) is 12.7. The maximum absolute atomic E-state index is 4.79. The molecule has 10 rings (SSSR count). The Morgan fingerprint density at radius 1 is 0.320 bits per heavy atom. The third-order valence-electron chi connectivity index (χ3n) is 9.66. The lowest BCUT2D eigenvalue weighted by molar-refractivity contribution is 1.16. The van der Waals surface area contributed by atoms with Gasteiger partial charge in [-0.25, -0.2) is 0 Å². The highest BCUT2D eigenvalue weighted by atomic mass is 15.0. The third-order valence-corrected chi connectivity index (χ3v) is 9.66. The van der Waals surface area contributed by atoms with Crippen LogP contribution in [0.5, 0.6) is 0 Å². The van der Waals surface area contributed by atoms with Crippen LogP contribution in [0.3, 0.4) is 0 Å². The average molecular weight is 641 g/mol. The van der Waals surface area contributed by atoms with Crippen LogP contribution >= 0.6 is 0 Å². The quantitative estimate of drug-likeness (QED) is 0.188. The van der Waals surface area contributed by atoms with Crippen LogP contribution in [0.15, 0.2) is 171 Å². The number of aromatic nitrogens is 6. The van der Waals surface area contributed by atoms with Crippen molar-refractivity contribution in [2.75, 3.05) is 0 Å². The van der Waals surface area contributed by atoms with Crippen molar-refractivity contribution in [1.82, 2.24) is 29.1 Å². The number of rotatable bonds is 5. The van der Waals surface area contributed by atoms with E-state index in [0.717, 1.165) is 56.0 Å². The van der Waals surface area contributed by atoms with Gasteiger partial charge in [0.25, 0.3) is 0 Å². The van der Waals surface area contributed by atoms with Gasteiger partial charge < -0.3 is 9.13 Å². The molecule has 0 N–H and O–H groups in total. The predicted molar refractivity (Wildman–Crippen MR) is 203 cm³/mol. The van der Waals surface area contributed by atoms with Crippen LogP contribution in [0.1, 0.15) is 0 Å². The second kappa shape index (κ2) is 11.4. The van der Waals surface area contributed by atoms with Crippen molar-refractivity contribution in [2.45, 2.75) is 0 Å². The van der Waals surface area contributed by atoms with Crippen molar-refractivity contribution in [2.24, 2.45) is 0 Å². The third kappa shape index (κ3) is 4.50. The zero-order valence-corrected chi connectivity index (χ0v) is 26.8. The van der Waals surface area contributed by atoms with Gasteiger partial charge in [0.2, 0.25) is 0 Å². The van der Waals surface area contributed by atoms with E-state index in [1.807, 2.05) is 49.3 Å². The minimum absolute atomic E-state index is 0.838. The van der Waals surface area contributed by atoms with Gasteiger partial charge in [-0.2, -0.15) is 0 Å². The van der Waals surface area contributed by atoms with Crippen LogP contribution < -0.4 is 0 Å². The molecule has 0 bridgehead atoms. The number of para-hydroxylation sites is 2. The monoisotopic (exact) mass is 640 g/mol. The van der Waals surface area contributed by atoms with Crippen LogP contribution in [0, 0.1) is 0 Å². The molecule has 0 radical (unpaired) electrons. The Morgan fingerprint density at radius 3 is 1.14 bits per heavy atom. The highest BCUT2D eigenvalue weighted by Gasteiger charge is 2.14. The Balaban J connectivity index is 0.893. The van der Waals surface area contributed by atoms with Gasteiger partial charge in [-0.1, -0.05) is 72.8 Å². The van der Waals surface area contributed by atoms with Gasteiger partial charge in [0.15, 0.2) is 0 Å². The van der Waals surface area contributed by atoms with Crippen molar-refractivity contribution in [3.63, 3.8) is 0 Å². The van der Waals surface area contributed by atoms with Crippen LogP contribution in [0.25, 0.3) is 88.6 Å². The lowest BCUT2D eigenvalue weighted by Gasteiger charge is -2.10. The minimum Gasteiger partial charge on any atom is -0.308 e. The fourth-order valence-corrected chi connectivity index (χ4v) is 7.23. The van der Waals surface area contributed by atoms with E-state index in [-0.39, 0.29) is 0 Å². The molecule has 0 fully saturated rings. The van der Waals surface area contributed by atoms with E-state index in [2.05, 4.69) is 140 Å². The van der Waals surface area contributed by atoms with Gasteiger partial charge in [0, 0.05) is 68.8 Å². The molecule has 6 heterocycles. The van der Waals surface area contributed by atoms with Gasteiger partial charge in [0.05, 0.1) is 45.8 Å². The van der Waals surface area contributed by atoms with E-state index < -0.39 is 0 Å². The molecule has 6 heteroatoms. The second-order valence-electron chi connectivity index (χ2n) is 12.4. The van der Waals surface area contributed by atoms with E-state index in [1.54, 1.807) is 0 Å². The highest BCUT2D eigenvalue weighted by Crippen LogP contribution is 2.34. The standard InChI is InChI=1S/C44H28N6/c1-3-7-41-35(5-1)37-21-23-45-27-43(37)49(41)33-15-9-29(10-16-33)31-13-19-39(47-25-31)40-20-14-32(26-48-40)30-11-17-34(18-12-30)50-42-8-4-2-6-36(42)38-22-24-46-28-44(38)50/h1-28H. The molecule has 0 aliphatic heterocycles. The fraction of sp³-hybridized carbons (Fsp3) is 0. The van der Waals surface area contributed by atoms with Crippen LogP contribution in [-0.2, 0) is 0 Å². The first-order chi connectivity index (χ1) is 24.8. The molecule has 6 nitrogen and oxygen atoms in total. The van der Waals surface area contributed by atoms with Crippen molar-refractivity contribution in [1.29, 1.82) is 0 Å². The minimum atomic E-state index is 0.838. The molecule has 0 saturated heterocycles. The lowest BCUT2D eigenvalue weighted by Crippen LogP contribution is -1.94. The SMILES string of the molecule is c1ccc2c(c1)c1ccncc1n2-c1ccc(-c2ccc(-c3ccc(-c4ccc(-n5c6ccccc6c6ccncc65)cc4)cn3)nc2)cc1. The van der Waals surface area contributed by atoms with Crippen LogP contribution in [0.2, 0.25) is 0 Å². The molecular formula is C44H28N6. The first kappa shape index (κ1) is 28.1. The number of fused-ring (bicyclic) bond motifs is 6. The van der Waals surface area contributed by atoms with Crippen molar-refractivity contribution in [3.05, 3.63) is 171 Å². The molecule has 0 spiro atoms. The normalized spacial score (nSPS) is 11.6. The molecule has 0 aliphatic carbocycles. The van der Waals surface area contributed by atoms with Crippen molar-refractivity contribution < 1.29 is 0 Å². The Hall–Kier alpha value is -6.92. The van der Waals surface area contributed by atoms with Crippen molar-refractivity contribution >= 4 is 43.6 Å². The smallest absolute Gasteiger partial charge is 0.0886 e. The highest BCUT2D eigenvalue weighted by molar-refractivity contribution is 6.09. The molecule has 234 valence electrons. The summed E-state index contributed by atoms with van der Waals surface area (Å²) < 4.78 is 4.55. The van der Waals surface area contributed by atoms with Gasteiger partial charge in [0.1, 0.15) is 0 Å². The summed E-state index contributed by atoms with van der Waals surface area (Å²) in [6.45, 7) is 0. The first-order valence-corrected chi connectivity index (χ1v) is 16.6. The number of hydrogen-bond acceptors (Lipinski definition) is 4. The average Bonchev–Trinajstić information content (AvgIpc) is 3.71. The predicted octanol–water partition coefficient (Wildman–Crippen LogP) is 10.5. The van der Waals surface area contributed by atoms with E-state index in [9.17, 15) is 0 Å². The van der Waals surface area contributed by atoms with E-state index >= 15 is 0 Å². The van der Waals surface area contributed by atoms with Gasteiger partial charge in [-0.05, 0) is 71.8 Å². The van der Waals surface area contributed by atoms with Crippen LogP contribution in [0.4, 0.5) is 0 Å². The number of hydrogen-bond donors (Lipinski definition) is 0. The van der Waals surface area contributed by atoms with E-state index in [4.69, 9.17) is 9.97 Å². The van der Waals surface area contributed by atoms with Gasteiger partial charge >= 0.3 is 0 Å². The summed E-state index contributed by atoms with van der Waals surface area (Å²) in [5.74, 6) is 0. The van der Waals surface area contributed by atoms with Gasteiger partial charge in [-0.15, -0.1) is 0 Å². The summed E-state index contributed by atoms with van der Waals surface area (Å²) >= 11 is 0. The van der Waals surface area contributed by atoms with E-state index in [1.165, 1.54) is 32.6 Å². The summed E-state index contributed by atoms with van der Waals surface area (Å²) in [7, 11) is 0. The van der Waals surface area contributed by atoms with E-state index in [0.29, 0.717) is 0 Å². The Morgan fingerprint density at radius 2 is 0.720 bits per heavy atom. The molecule has 0 atom stereocenters. The second-order valence-corrected chi connectivity index (χ2v) is 12.4. The lowest BCUT2D eigenvalue weighted by atomic mass is 10.1. The summed E-state index contributed by atoms with van der Waals surface area (Å²) in [5, 5.41) is 4.85. The molecule has 0 unspecified atom stereocenters. The summed E-state index contributed by atoms with van der Waals surface area (Å²) in [6.07, 6.45) is 11.4. The van der Waals surface area contributed by atoms with Crippen molar-refractivity contribution in [3.8, 4) is 45.0 Å². The number of pyridine rings is 4. The summed E-state index contributed by atoms with van der Waals surface area (Å²) in [4.78, 5) is 18.4. The Labute approximate surface area is 287 Å². The summed E-state index contributed by atoms with van der Waals surface area (Å²) in [6, 6.07) is 46.7. The van der Waals surface area contributed by atoms with Gasteiger partial charge in [-0.3, -0.25) is 19.9 Å². The zero-order valence-electron chi connectivity index (χ0n) is 26.8. The molecule has 0 aliphatic rings. The Kier molecular flexibility index (Phi) is 6.39. The zero-order chi connectivity index (χ0) is 33.0. The topological polar surface area (TPSA) is 61.4 Å². The Bertz CT molecular complexity index is 2520. The largest absolute Gasteiger partial charge is 0.308 e. The molecule has 0 saturated carbocycles. The molecule has 6 aromatic heterocycles. The maximum Gasteiger partial charge on any atom is 0.0886 e. The first-order valence-electron chi connectivity index (χ1n) is 16.6. The molecule has 4 aromatic carbocycles. The molecule has 0 amide bonds. The number of nitrogens with zero attached hydrogens (tertiary/aromatic N) is 6. The molecule has 10 aromatic rings. The fourth-order valence-electron chi connectivity index (χ4n) is 7.23. The molecule has 50 heavy (non-hydrogen) atoms. The number of benzene rings is 4. The maximum atomic E-state index is 4.79.